The summed E-state index contributed by atoms with van der Waals surface area (Å²) in [7, 11) is 0. The molecule has 1 aliphatic carbocycles. The van der Waals surface area contributed by atoms with Crippen LogP contribution in [0.2, 0.25) is 0 Å². The zero-order valence-corrected chi connectivity index (χ0v) is 14.8. The molecule has 1 fully saturated rings. The van der Waals surface area contributed by atoms with Gasteiger partial charge in [-0.15, -0.1) is 0 Å². The number of allylic oxidation sites excluding steroid dienone is 1. The molecule has 0 spiro atoms. The highest BCUT2D eigenvalue weighted by molar-refractivity contribution is 4.99. The second kappa shape index (κ2) is 8.25. The third-order valence-electron chi connectivity index (χ3n) is 6.11. The molecule has 0 aromatic heterocycles. The first-order valence-electron chi connectivity index (χ1n) is 9.06. The van der Waals surface area contributed by atoms with Crippen LogP contribution in [0.5, 0.6) is 0 Å². The molecule has 122 valence electrons. The minimum atomic E-state index is 0. The molecule has 0 aliphatic heterocycles. The molecule has 0 amide bonds. The molecule has 0 heteroatoms. The Balaban J connectivity index is 0. The van der Waals surface area contributed by atoms with Crippen LogP contribution in [0.4, 0.5) is 0 Å². The lowest BCUT2D eigenvalue weighted by molar-refractivity contribution is 0.142. The molecule has 20 heavy (non-hydrogen) atoms. The summed E-state index contributed by atoms with van der Waals surface area (Å²) < 4.78 is 0. The van der Waals surface area contributed by atoms with Gasteiger partial charge in [0.1, 0.15) is 0 Å². The largest absolute Gasteiger partial charge is 0.0999 e. The van der Waals surface area contributed by atoms with E-state index in [0.29, 0.717) is 5.41 Å². The molecule has 0 aromatic rings. The third-order valence-corrected chi connectivity index (χ3v) is 6.11. The van der Waals surface area contributed by atoms with Crippen LogP contribution in [0.3, 0.4) is 0 Å². The third kappa shape index (κ3) is 4.93. The van der Waals surface area contributed by atoms with Gasteiger partial charge in [-0.05, 0) is 61.7 Å². The van der Waals surface area contributed by atoms with E-state index in [4.69, 9.17) is 0 Å². The molecule has 0 bridgehead atoms. The quantitative estimate of drug-likeness (QED) is 0.303. The molecule has 0 aromatic carbocycles. The van der Waals surface area contributed by atoms with Crippen LogP contribution in [0.1, 0.15) is 95.3 Å². The Labute approximate surface area is 131 Å². The zero-order chi connectivity index (χ0) is 15.2. The van der Waals surface area contributed by atoms with Crippen molar-refractivity contribution in [3.8, 4) is 0 Å². The zero-order valence-electron chi connectivity index (χ0n) is 14.8. The minimum absolute atomic E-state index is 0. The molecule has 0 N–H and O–H groups in total. The van der Waals surface area contributed by atoms with Crippen LogP contribution in [-0.4, -0.2) is 0 Å². The first-order valence-corrected chi connectivity index (χ1v) is 9.06. The maximum Gasteiger partial charge on any atom is 0 e. The molecule has 0 saturated heterocycles. The van der Waals surface area contributed by atoms with E-state index in [9.17, 15) is 0 Å². The average Bonchev–Trinajstić information content (AvgIpc) is 2.69. The van der Waals surface area contributed by atoms with Gasteiger partial charge in [-0.3, -0.25) is 0 Å². The molecule has 0 radical (unpaired) electrons. The van der Waals surface area contributed by atoms with E-state index in [2.05, 4.69) is 41.2 Å². The fraction of sp³-hybridized carbons (Fsp3) is 0.900. The molecule has 0 heterocycles. The Morgan fingerprint density at radius 2 is 2.00 bits per heavy atom. The van der Waals surface area contributed by atoms with Crippen molar-refractivity contribution in [3.05, 3.63) is 12.2 Å². The summed E-state index contributed by atoms with van der Waals surface area (Å²) in [6.45, 7) is 16.2. The predicted molar refractivity (Wildman–Crippen MR) is 96.2 cm³/mol. The Morgan fingerprint density at radius 3 is 2.60 bits per heavy atom. The predicted octanol–water partition coefficient (Wildman–Crippen LogP) is 7.49. The highest BCUT2D eigenvalue weighted by atomic mass is 14.5. The SMILES string of the molecule is C=C(CC)CC[C@@]1(C)C(C)CC[C@@H]1CCCCC(C)C.[HH].[HH]. The summed E-state index contributed by atoms with van der Waals surface area (Å²) in [6, 6.07) is 0. The molecule has 1 unspecified atom stereocenters. The van der Waals surface area contributed by atoms with Crippen LogP contribution in [0.25, 0.3) is 0 Å². The molecule has 0 nitrogen and oxygen atoms in total. The lowest BCUT2D eigenvalue weighted by Crippen LogP contribution is -2.27. The second-order valence-corrected chi connectivity index (χ2v) is 7.96. The highest BCUT2D eigenvalue weighted by Gasteiger charge is 2.42. The highest BCUT2D eigenvalue weighted by Crippen LogP contribution is 2.52. The molecule has 3 atom stereocenters. The van der Waals surface area contributed by atoms with Crippen molar-refractivity contribution < 1.29 is 2.85 Å². The van der Waals surface area contributed by atoms with Crippen LogP contribution < -0.4 is 0 Å². The smallest absolute Gasteiger partial charge is 0 e. The van der Waals surface area contributed by atoms with Gasteiger partial charge in [-0.2, -0.15) is 0 Å². The Kier molecular flexibility index (Phi) is 7.34. The van der Waals surface area contributed by atoms with Gasteiger partial charge in [0.15, 0.2) is 0 Å². The van der Waals surface area contributed by atoms with Gasteiger partial charge in [0.05, 0.1) is 0 Å². The summed E-state index contributed by atoms with van der Waals surface area (Å²) in [4.78, 5) is 0. The minimum Gasteiger partial charge on any atom is -0.0999 e. The Morgan fingerprint density at radius 1 is 1.30 bits per heavy atom. The van der Waals surface area contributed by atoms with Gasteiger partial charge in [-0.1, -0.05) is 66.0 Å². The van der Waals surface area contributed by atoms with Gasteiger partial charge < -0.3 is 0 Å². The average molecular weight is 283 g/mol. The van der Waals surface area contributed by atoms with Crippen LogP contribution in [0.15, 0.2) is 12.2 Å². The van der Waals surface area contributed by atoms with Gasteiger partial charge in [0.2, 0.25) is 0 Å². The van der Waals surface area contributed by atoms with Crippen LogP contribution in [0, 0.1) is 23.2 Å². The van der Waals surface area contributed by atoms with Gasteiger partial charge in [0.25, 0.3) is 0 Å². The number of hydrogen-bond donors (Lipinski definition) is 0. The number of rotatable bonds is 9. The van der Waals surface area contributed by atoms with Crippen LogP contribution in [-0.2, 0) is 0 Å². The van der Waals surface area contributed by atoms with Crippen molar-refractivity contribution in [3.63, 3.8) is 0 Å². The summed E-state index contributed by atoms with van der Waals surface area (Å²) in [5, 5.41) is 0. The molecule has 1 saturated carbocycles. The van der Waals surface area contributed by atoms with E-state index in [1.807, 2.05) is 0 Å². The van der Waals surface area contributed by atoms with E-state index >= 15 is 0 Å². The fourth-order valence-corrected chi connectivity index (χ4v) is 4.00. The van der Waals surface area contributed by atoms with Crippen molar-refractivity contribution in [1.29, 1.82) is 0 Å². The second-order valence-electron chi connectivity index (χ2n) is 7.96. The standard InChI is InChI=1S/C20H38.2H2/c1-7-17(4)14-15-20(6)18(5)12-13-19(20)11-9-8-10-16(2)3;;/h16,18-19H,4,7-15H2,1-3,5-6H3;2*1H/t18?,19-,20-;;/m0../s1. The molecule has 1 aliphatic rings. The molecular weight excluding hydrogens is 240 g/mol. The van der Waals surface area contributed by atoms with Gasteiger partial charge >= 0.3 is 0 Å². The molecular formula is C20H42. The maximum atomic E-state index is 4.21. The number of unbranched alkanes of at least 4 members (excludes halogenated alkanes) is 1. The summed E-state index contributed by atoms with van der Waals surface area (Å²) in [5.74, 6) is 2.74. The van der Waals surface area contributed by atoms with E-state index in [-0.39, 0.29) is 2.85 Å². The Bertz CT molecular complexity index is 298. The van der Waals surface area contributed by atoms with Gasteiger partial charge in [0, 0.05) is 2.85 Å². The van der Waals surface area contributed by atoms with E-state index < -0.39 is 0 Å². The molecule has 1 rings (SSSR count). The lowest BCUT2D eigenvalue weighted by atomic mass is 9.69. The van der Waals surface area contributed by atoms with E-state index in [0.717, 1.165) is 24.2 Å². The summed E-state index contributed by atoms with van der Waals surface area (Å²) in [5.41, 5.74) is 2.03. The Hall–Kier alpha value is -0.260. The van der Waals surface area contributed by atoms with Crippen molar-refractivity contribution in [2.75, 3.05) is 0 Å². The normalized spacial score (nSPS) is 30.1. The first-order chi connectivity index (χ1) is 9.40. The fourth-order valence-electron chi connectivity index (χ4n) is 4.00. The summed E-state index contributed by atoms with van der Waals surface area (Å²) >= 11 is 0. The lowest BCUT2D eigenvalue weighted by Gasteiger charge is -2.36. The maximum absolute atomic E-state index is 4.21. The van der Waals surface area contributed by atoms with Crippen molar-refractivity contribution >= 4 is 0 Å². The number of hydrogen-bond acceptors (Lipinski definition) is 0. The first kappa shape index (κ1) is 17.8. The van der Waals surface area contributed by atoms with Crippen molar-refractivity contribution in [2.24, 2.45) is 23.2 Å². The summed E-state index contributed by atoms with van der Waals surface area (Å²) in [6.07, 6.45) is 12.4. The van der Waals surface area contributed by atoms with Gasteiger partial charge in [-0.25, -0.2) is 0 Å². The van der Waals surface area contributed by atoms with Crippen molar-refractivity contribution in [2.45, 2.75) is 92.4 Å². The van der Waals surface area contributed by atoms with E-state index in [1.54, 1.807) is 0 Å². The topological polar surface area (TPSA) is 0 Å². The van der Waals surface area contributed by atoms with Crippen LogP contribution >= 0.6 is 0 Å². The van der Waals surface area contributed by atoms with Crippen molar-refractivity contribution in [1.82, 2.24) is 0 Å². The van der Waals surface area contributed by atoms with E-state index in [1.165, 1.54) is 56.9 Å². The monoisotopic (exact) mass is 282 g/mol.